The van der Waals surface area contributed by atoms with Crippen LogP contribution in [0.2, 0.25) is 0 Å². The minimum Gasteiger partial charge on any atom is -0.508 e. The molecule has 4 atom stereocenters. The fraction of sp³-hybridized carbons (Fsp3) is 0.435. The highest BCUT2D eigenvalue weighted by Gasteiger charge is 2.64. The molecule has 0 aliphatic heterocycles. The molecule has 1 aromatic rings. The minimum absolute atomic E-state index is 0.0699. The topological polar surface area (TPSA) is 173 Å². The second kappa shape index (κ2) is 7.68. The number of nitrogens with one attached hydrogen (secondary N) is 1. The molecule has 10 heteroatoms. The molecule has 10 nitrogen and oxygen atoms in total. The van der Waals surface area contributed by atoms with E-state index in [1.165, 1.54) is 11.0 Å². The van der Waals surface area contributed by atoms with Gasteiger partial charge < -0.3 is 31.5 Å². The molecular weight excluding hydrogens is 430 g/mol. The van der Waals surface area contributed by atoms with E-state index in [-0.39, 0.29) is 29.7 Å². The lowest BCUT2D eigenvalue weighted by atomic mass is 9.57. The first kappa shape index (κ1) is 23.0. The lowest BCUT2D eigenvalue weighted by molar-refractivity contribution is -0.153. The number of rotatable bonds is 4. The van der Waals surface area contributed by atoms with Crippen molar-refractivity contribution in [2.24, 2.45) is 17.6 Å². The number of nitrogens with two attached hydrogens (primary N) is 1. The van der Waals surface area contributed by atoms with Gasteiger partial charge in [-0.05, 0) is 57.1 Å². The van der Waals surface area contributed by atoms with Crippen molar-refractivity contribution in [1.82, 2.24) is 10.2 Å². The minimum atomic E-state index is -2.62. The Morgan fingerprint density at radius 3 is 2.48 bits per heavy atom. The molecule has 0 spiro atoms. The molecule has 1 amide bonds. The second-order valence-electron chi connectivity index (χ2n) is 9.09. The Morgan fingerprint density at radius 2 is 1.91 bits per heavy atom. The average molecular weight is 457 g/mol. The highest BCUT2D eigenvalue weighted by molar-refractivity contribution is 6.24. The van der Waals surface area contributed by atoms with Gasteiger partial charge in [-0.15, -0.1) is 0 Å². The highest BCUT2D eigenvalue weighted by Crippen LogP contribution is 2.52. The van der Waals surface area contributed by atoms with Crippen LogP contribution in [0.15, 0.2) is 29.0 Å². The summed E-state index contributed by atoms with van der Waals surface area (Å²) in [5, 5.41) is 46.9. The number of phenols is 1. The number of carbonyl (C=O) groups excluding carboxylic acids is 3. The Kier molecular flexibility index (Phi) is 5.35. The molecule has 1 fully saturated rings. The highest BCUT2D eigenvalue weighted by atomic mass is 16.3. The number of hydrogen-bond acceptors (Lipinski definition) is 9. The predicted octanol–water partition coefficient (Wildman–Crippen LogP) is -0.317. The molecular formula is C23H27N3O7. The van der Waals surface area contributed by atoms with Crippen molar-refractivity contribution in [2.75, 3.05) is 21.1 Å². The number of phenolic OH excluding ortho intramolecular Hbond substituents is 1. The Bertz CT molecular complexity index is 1150. The summed E-state index contributed by atoms with van der Waals surface area (Å²) in [4.78, 5) is 40.2. The Morgan fingerprint density at radius 1 is 1.24 bits per heavy atom. The second-order valence-corrected chi connectivity index (χ2v) is 9.09. The summed E-state index contributed by atoms with van der Waals surface area (Å²) in [5.74, 6) is -6.50. The maximum Gasteiger partial charge on any atom is 0.255 e. The van der Waals surface area contributed by atoms with Crippen molar-refractivity contribution in [1.29, 1.82) is 0 Å². The molecule has 1 saturated carbocycles. The van der Waals surface area contributed by atoms with E-state index in [2.05, 4.69) is 5.32 Å². The number of fused-ring (bicyclic) bond motifs is 3. The van der Waals surface area contributed by atoms with Crippen LogP contribution in [0.25, 0.3) is 5.76 Å². The number of carbonyl (C=O) groups is 3. The van der Waals surface area contributed by atoms with Gasteiger partial charge in [-0.25, -0.2) is 0 Å². The van der Waals surface area contributed by atoms with Crippen LogP contribution in [0.5, 0.6) is 5.75 Å². The molecule has 1 unspecified atom stereocenters. The lowest BCUT2D eigenvalue weighted by Crippen LogP contribution is -2.65. The van der Waals surface area contributed by atoms with E-state index in [0.717, 1.165) is 5.56 Å². The molecule has 7 N–H and O–H groups in total. The van der Waals surface area contributed by atoms with Gasteiger partial charge in [0.05, 0.1) is 11.6 Å². The van der Waals surface area contributed by atoms with Gasteiger partial charge in [0.1, 0.15) is 22.8 Å². The molecule has 1 aromatic carbocycles. The third-order valence-corrected chi connectivity index (χ3v) is 7.07. The molecule has 33 heavy (non-hydrogen) atoms. The molecule has 3 aliphatic rings. The lowest BCUT2D eigenvalue weighted by Gasteiger charge is -2.50. The SMILES string of the molecule is CNCc1ccc(O)c2c1C[C@H]1C[C@H]3C(N(C)C)C(=O)C(C(N)=O)=C(O)[C@@]3(O)C(=O)C1=C2O. The molecule has 3 aliphatic carbocycles. The summed E-state index contributed by atoms with van der Waals surface area (Å²) in [5.41, 5.74) is 3.29. The first-order valence-electron chi connectivity index (χ1n) is 10.6. The van der Waals surface area contributed by atoms with Gasteiger partial charge in [0, 0.05) is 18.0 Å². The van der Waals surface area contributed by atoms with Crippen LogP contribution < -0.4 is 11.1 Å². The normalized spacial score (nSPS) is 29.2. The number of hydrogen-bond donors (Lipinski definition) is 6. The van der Waals surface area contributed by atoms with E-state index in [4.69, 9.17) is 5.73 Å². The Balaban J connectivity index is 1.97. The monoisotopic (exact) mass is 457 g/mol. The number of benzene rings is 1. The summed E-state index contributed by atoms with van der Waals surface area (Å²) < 4.78 is 0. The third kappa shape index (κ3) is 3.01. The summed E-state index contributed by atoms with van der Waals surface area (Å²) in [6, 6.07) is 2.05. The molecule has 0 heterocycles. The number of primary amides is 1. The van der Waals surface area contributed by atoms with Crippen LogP contribution in [0.3, 0.4) is 0 Å². The molecule has 0 radical (unpaired) electrons. The summed E-state index contributed by atoms with van der Waals surface area (Å²) in [6.07, 6.45) is 0.348. The van der Waals surface area contributed by atoms with Crippen LogP contribution in [-0.4, -0.2) is 75.6 Å². The van der Waals surface area contributed by atoms with Crippen molar-refractivity contribution in [3.8, 4) is 5.75 Å². The van der Waals surface area contributed by atoms with Crippen molar-refractivity contribution in [3.05, 3.63) is 45.7 Å². The number of amides is 1. The van der Waals surface area contributed by atoms with Gasteiger partial charge in [0.25, 0.3) is 5.91 Å². The van der Waals surface area contributed by atoms with Gasteiger partial charge >= 0.3 is 0 Å². The summed E-state index contributed by atoms with van der Waals surface area (Å²) in [6.45, 7) is 0.462. The number of likely N-dealkylation sites (N-methyl/N-ethyl adjacent to an activating group) is 1. The number of aromatic hydroxyl groups is 1. The smallest absolute Gasteiger partial charge is 0.255 e. The van der Waals surface area contributed by atoms with E-state index in [1.54, 1.807) is 27.2 Å². The number of ketones is 2. The zero-order valence-corrected chi connectivity index (χ0v) is 18.5. The molecule has 4 rings (SSSR count). The number of nitrogens with zero attached hydrogens (tertiary/aromatic N) is 1. The van der Waals surface area contributed by atoms with Crippen molar-refractivity contribution < 1.29 is 34.8 Å². The van der Waals surface area contributed by atoms with Gasteiger partial charge in [0.15, 0.2) is 11.4 Å². The Hall–Kier alpha value is -3.21. The van der Waals surface area contributed by atoms with E-state index in [0.29, 0.717) is 12.1 Å². The third-order valence-electron chi connectivity index (χ3n) is 7.07. The van der Waals surface area contributed by atoms with E-state index < -0.39 is 58.0 Å². The van der Waals surface area contributed by atoms with Gasteiger partial charge in [-0.3, -0.25) is 19.3 Å². The first-order valence-corrected chi connectivity index (χ1v) is 10.6. The van der Waals surface area contributed by atoms with Gasteiger partial charge in [-0.1, -0.05) is 6.07 Å². The standard InChI is InChI=1S/C23H27N3O7/c1-25-8-9-4-5-13(27)15-11(9)6-10-7-12-17(26(2)3)19(29)16(22(24)32)21(31)23(12,33)20(30)14(10)18(15)28/h4-5,10,12,17,25,27-28,31,33H,6-8H2,1-3H3,(H2,24,32)/t10-,12-,17?,23-/m0/s1. The van der Waals surface area contributed by atoms with E-state index >= 15 is 0 Å². The number of aliphatic hydroxyl groups excluding tert-OH is 2. The molecule has 0 aromatic heterocycles. The first-order chi connectivity index (χ1) is 15.5. The van der Waals surface area contributed by atoms with E-state index in [9.17, 15) is 34.8 Å². The van der Waals surface area contributed by atoms with Crippen molar-refractivity contribution in [2.45, 2.75) is 31.0 Å². The predicted molar refractivity (Wildman–Crippen MR) is 117 cm³/mol. The molecule has 176 valence electrons. The quantitative estimate of drug-likeness (QED) is 0.331. The number of Topliss-reactive ketones (excluding diaryl/α,β-unsaturated/α-hetero) is 2. The zero-order valence-electron chi connectivity index (χ0n) is 18.5. The van der Waals surface area contributed by atoms with Crippen molar-refractivity contribution in [3.63, 3.8) is 0 Å². The Labute approximate surface area is 190 Å². The summed E-state index contributed by atoms with van der Waals surface area (Å²) >= 11 is 0. The largest absolute Gasteiger partial charge is 0.508 e. The molecule has 0 bridgehead atoms. The van der Waals surface area contributed by atoms with Crippen LogP contribution in [0.4, 0.5) is 0 Å². The molecule has 0 saturated heterocycles. The summed E-state index contributed by atoms with van der Waals surface area (Å²) in [7, 11) is 4.89. The number of aliphatic hydroxyl groups is 3. The van der Waals surface area contributed by atoms with Gasteiger partial charge in [-0.2, -0.15) is 0 Å². The zero-order chi connectivity index (χ0) is 24.4. The maximum atomic E-state index is 13.7. The van der Waals surface area contributed by atoms with Crippen LogP contribution >= 0.6 is 0 Å². The van der Waals surface area contributed by atoms with E-state index in [1.807, 2.05) is 0 Å². The van der Waals surface area contributed by atoms with Crippen LogP contribution in [0.1, 0.15) is 23.1 Å². The maximum absolute atomic E-state index is 13.7. The van der Waals surface area contributed by atoms with Gasteiger partial charge in [0.2, 0.25) is 5.78 Å². The van der Waals surface area contributed by atoms with Crippen LogP contribution in [-0.2, 0) is 27.3 Å². The van der Waals surface area contributed by atoms with Crippen LogP contribution in [0, 0.1) is 11.8 Å². The average Bonchev–Trinajstić information content (AvgIpc) is 2.72. The fourth-order valence-corrected chi connectivity index (χ4v) is 5.66. The fourth-order valence-electron chi connectivity index (χ4n) is 5.66. The van der Waals surface area contributed by atoms with Crippen molar-refractivity contribution >= 4 is 23.2 Å².